The molecule has 94 valence electrons. The fourth-order valence-corrected chi connectivity index (χ4v) is 2.09. The molecular formula is C15H23NO. The minimum Gasteiger partial charge on any atom is -0.490 e. The van der Waals surface area contributed by atoms with Gasteiger partial charge in [-0.1, -0.05) is 33.8 Å². The fraction of sp³-hybridized carbons (Fsp3) is 0.600. The van der Waals surface area contributed by atoms with Gasteiger partial charge in [0.25, 0.3) is 0 Å². The molecule has 17 heavy (non-hydrogen) atoms. The Bertz CT molecular complexity index is 409. The van der Waals surface area contributed by atoms with E-state index in [0.717, 1.165) is 18.9 Å². The molecule has 1 heterocycles. The largest absolute Gasteiger partial charge is 0.490 e. The van der Waals surface area contributed by atoms with Crippen LogP contribution in [-0.2, 0) is 5.41 Å². The van der Waals surface area contributed by atoms with E-state index < -0.39 is 0 Å². The summed E-state index contributed by atoms with van der Waals surface area (Å²) in [7, 11) is 2.12. The van der Waals surface area contributed by atoms with Crippen LogP contribution in [-0.4, -0.2) is 20.2 Å². The number of benzene rings is 1. The quantitative estimate of drug-likeness (QED) is 0.775. The molecule has 0 amide bonds. The van der Waals surface area contributed by atoms with Crippen molar-refractivity contribution in [2.24, 2.45) is 5.92 Å². The molecule has 0 N–H and O–H groups in total. The van der Waals surface area contributed by atoms with Crippen LogP contribution in [0.4, 0.5) is 5.69 Å². The number of ether oxygens (including phenoxy) is 1. The maximum absolute atomic E-state index is 5.77. The third-order valence-electron chi connectivity index (χ3n) is 4.24. The van der Waals surface area contributed by atoms with Crippen LogP contribution in [0.1, 0.15) is 33.3 Å². The highest BCUT2D eigenvalue weighted by Gasteiger charge is 2.26. The number of hydrogen-bond acceptors (Lipinski definition) is 2. The molecule has 0 bridgehead atoms. The lowest BCUT2D eigenvalue weighted by Gasteiger charge is -2.33. The van der Waals surface area contributed by atoms with E-state index in [1.54, 1.807) is 0 Å². The molecule has 1 aromatic carbocycles. The predicted molar refractivity (Wildman–Crippen MR) is 73.1 cm³/mol. The second-order valence-corrected chi connectivity index (χ2v) is 5.83. The minimum absolute atomic E-state index is 0.189. The predicted octanol–water partition coefficient (Wildman–Crippen LogP) is 3.45. The van der Waals surface area contributed by atoms with Gasteiger partial charge in [-0.3, -0.25) is 0 Å². The summed E-state index contributed by atoms with van der Waals surface area (Å²) in [4.78, 5) is 2.25. The van der Waals surface area contributed by atoms with Crippen molar-refractivity contribution in [2.75, 3.05) is 25.1 Å². The van der Waals surface area contributed by atoms with E-state index in [-0.39, 0.29) is 5.41 Å². The molecule has 0 radical (unpaired) electrons. The van der Waals surface area contributed by atoms with Crippen LogP contribution in [0.25, 0.3) is 0 Å². The van der Waals surface area contributed by atoms with E-state index in [1.165, 1.54) is 11.3 Å². The van der Waals surface area contributed by atoms with E-state index in [1.807, 2.05) is 0 Å². The highest BCUT2D eigenvalue weighted by atomic mass is 16.5. The van der Waals surface area contributed by atoms with Gasteiger partial charge >= 0.3 is 0 Å². The Labute approximate surface area is 105 Å². The normalized spacial score (nSPS) is 15.8. The van der Waals surface area contributed by atoms with Crippen molar-refractivity contribution in [1.82, 2.24) is 0 Å². The average Bonchev–Trinajstić information content (AvgIpc) is 2.28. The molecule has 0 unspecified atom stereocenters. The van der Waals surface area contributed by atoms with Gasteiger partial charge in [0, 0.05) is 7.05 Å². The molecule has 0 aromatic heterocycles. The van der Waals surface area contributed by atoms with Crippen LogP contribution in [0.3, 0.4) is 0 Å². The molecule has 1 aliphatic heterocycles. The third-order valence-corrected chi connectivity index (χ3v) is 4.24. The monoisotopic (exact) mass is 233 g/mol. The molecule has 1 aliphatic rings. The SMILES string of the molecule is CC(C)C(C)(C)c1ccc2c(c1)OCCN2C. The van der Waals surface area contributed by atoms with Crippen LogP contribution in [0.15, 0.2) is 18.2 Å². The molecule has 0 saturated heterocycles. The first-order valence-electron chi connectivity index (χ1n) is 6.41. The Kier molecular flexibility index (Phi) is 3.07. The summed E-state index contributed by atoms with van der Waals surface area (Å²) in [5.41, 5.74) is 2.76. The number of nitrogens with zero attached hydrogens (tertiary/aromatic N) is 1. The van der Waals surface area contributed by atoms with Gasteiger partial charge in [-0.25, -0.2) is 0 Å². The summed E-state index contributed by atoms with van der Waals surface area (Å²) in [5.74, 6) is 1.65. The fourth-order valence-electron chi connectivity index (χ4n) is 2.09. The Hall–Kier alpha value is -1.18. The van der Waals surface area contributed by atoms with Gasteiger partial charge in [-0.2, -0.15) is 0 Å². The summed E-state index contributed by atoms with van der Waals surface area (Å²) in [6.07, 6.45) is 0. The maximum atomic E-state index is 5.77. The third kappa shape index (κ3) is 2.13. The van der Waals surface area contributed by atoms with Crippen molar-refractivity contribution < 1.29 is 4.74 Å². The maximum Gasteiger partial charge on any atom is 0.142 e. The van der Waals surface area contributed by atoms with Crippen LogP contribution >= 0.6 is 0 Å². The van der Waals surface area contributed by atoms with Gasteiger partial charge in [-0.15, -0.1) is 0 Å². The van der Waals surface area contributed by atoms with Crippen LogP contribution < -0.4 is 9.64 Å². The summed E-state index contributed by atoms with van der Waals surface area (Å²) < 4.78 is 5.77. The summed E-state index contributed by atoms with van der Waals surface area (Å²) in [6.45, 7) is 10.9. The van der Waals surface area contributed by atoms with Crippen molar-refractivity contribution in [3.63, 3.8) is 0 Å². The molecule has 1 aromatic rings. The van der Waals surface area contributed by atoms with E-state index in [2.05, 4.69) is 57.8 Å². The Morgan fingerprint density at radius 2 is 2.00 bits per heavy atom. The van der Waals surface area contributed by atoms with Crippen LogP contribution in [0.2, 0.25) is 0 Å². The number of fused-ring (bicyclic) bond motifs is 1. The Balaban J connectivity index is 2.40. The topological polar surface area (TPSA) is 12.5 Å². The zero-order valence-corrected chi connectivity index (χ0v) is 11.6. The smallest absolute Gasteiger partial charge is 0.142 e. The van der Waals surface area contributed by atoms with E-state index >= 15 is 0 Å². The van der Waals surface area contributed by atoms with Crippen molar-refractivity contribution in [3.8, 4) is 5.75 Å². The van der Waals surface area contributed by atoms with Crippen molar-refractivity contribution in [3.05, 3.63) is 23.8 Å². The molecule has 2 heteroatoms. The van der Waals surface area contributed by atoms with E-state index in [4.69, 9.17) is 4.74 Å². The second-order valence-electron chi connectivity index (χ2n) is 5.83. The molecule has 0 atom stereocenters. The first-order valence-corrected chi connectivity index (χ1v) is 6.41. The van der Waals surface area contributed by atoms with Crippen LogP contribution in [0, 0.1) is 5.92 Å². The lowest BCUT2D eigenvalue weighted by molar-refractivity contribution is 0.308. The number of hydrogen-bond donors (Lipinski definition) is 0. The Morgan fingerprint density at radius 1 is 1.29 bits per heavy atom. The first-order chi connectivity index (χ1) is 7.93. The molecule has 2 rings (SSSR count). The van der Waals surface area contributed by atoms with Crippen molar-refractivity contribution >= 4 is 5.69 Å². The van der Waals surface area contributed by atoms with Crippen LogP contribution in [0.5, 0.6) is 5.75 Å². The second kappa shape index (κ2) is 4.25. The number of likely N-dealkylation sites (N-methyl/N-ethyl adjacent to an activating group) is 1. The summed E-state index contributed by atoms with van der Waals surface area (Å²) in [5, 5.41) is 0. The Morgan fingerprint density at radius 3 is 2.65 bits per heavy atom. The van der Waals surface area contributed by atoms with Gasteiger partial charge in [0.15, 0.2) is 0 Å². The molecule has 0 saturated carbocycles. The van der Waals surface area contributed by atoms with Gasteiger partial charge in [-0.05, 0) is 29.0 Å². The average molecular weight is 233 g/mol. The zero-order valence-electron chi connectivity index (χ0n) is 11.6. The van der Waals surface area contributed by atoms with Crippen molar-refractivity contribution in [2.45, 2.75) is 33.1 Å². The zero-order chi connectivity index (χ0) is 12.6. The molecular weight excluding hydrogens is 210 g/mol. The van der Waals surface area contributed by atoms with Gasteiger partial charge in [0.05, 0.1) is 12.2 Å². The number of anilines is 1. The van der Waals surface area contributed by atoms with E-state index in [9.17, 15) is 0 Å². The lowest BCUT2D eigenvalue weighted by Crippen LogP contribution is -2.30. The summed E-state index contributed by atoms with van der Waals surface area (Å²) >= 11 is 0. The standard InChI is InChI=1S/C15H23NO/c1-11(2)15(3,4)12-6-7-13-14(10-12)17-9-8-16(13)5/h6-7,10-11H,8-9H2,1-5H3. The van der Waals surface area contributed by atoms with Gasteiger partial charge in [0.2, 0.25) is 0 Å². The molecule has 0 spiro atoms. The van der Waals surface area contributed by atoms with Gasteiger partial charge < -0.3 is 9.64 Å². The highest BCUT2D eigenvalue weighted by Crippen LogP contribution is 2.38. The number of rotatable bonds is 2. The molecule has 2 nitrogen and oxygen atoms in total. The first kappa shape index (κ1) is 12.3. The minimum atomic E-state index is 0.189. The van der Waals surface area contributed by atoms with E-state index in [0.29, 0.717) is 5.92 Å². The highest BCUT2D eigenvalue weighted by molar-refractivity contribution is 5.61. The summed E-state index contributed by atoms with van der Waals surface area (Å²) in [6, 6.07) is 6.64. The van der Waals surface area contributed by atoms with Crippen molar-refractivity contribution in [1.29, 1.82) is 0 Å². The molecule has 0 aliphatic carbocycles. The van der Waals surface area contributed by atoms with Gasteiger partial charge in [0.1, 0.15) is 12.4 Å². The lowest BCUT2D eigenvalue weighted by atomic mass is 9.75. The molecule has 0 fully saturated rings.